The number of nitrogens with zero attached hydrogens (tertiary/aromatic N) is 1. The summed E-state index contributed by atoms with van der Waals surface area (Å²) >= 11 is 1.66. The molecule has 118 valence electrons. The largest absolute Gasteiger partial charge is 1.00 e. The van der Waals surface area contributed by atoms with Crippen molar-refractivity contribution in [1.29, 1.82) is 0 Å². The number of carbonyl (C=O) groups excluding carboxylic acids is 1. The van der Waals surface area contributed by atoms with Crippen molar-refractivity contribution in [2.45, 2.75) is 13.0 Å². The van der Waals surface area contributed by atoms with E-state index in [1.165, 1.54) is 10.4 Å². The zero-order valence-electron chi connectivity index (χ0n) is 12.5. The van der Waals surface area contributed by atoms with Crippen LogP contribution in [0.15, 0.2) is 47.8 Å². The lowest BCUT2D eigenvalue weighted by molar-refractivity contribution is -0.917. The highest BCUT2D eigenvalue weighted by molar-refractivity contribution is 7.10. The number of benzene rings is 1. The molecule has 1 aliphatic heterocycles. The molecule has 1 aromatic heterocycles. The molecule has 1 aliphatic rings. The molecule has 3 nitrogen and oxygen atoms in total. The standard InChI is InChI=1S/C17H20N2OS.ClH/c20-17(13-16-7-4-12-21-16)19-10-8-18(9-11-19)14-15-5-2-1-3-6-15;/h1-7,12H,8-11,13-14H2;1H. The van der Waals surface area contributed by atoms with Crippen LogP contribution in [0.4, 0.5) is 0 Å². The van der Waals surface area contributed by atoms with Gasteiger partial charge in [0, 0.05) is 10.4 Å². The number of amides is 1. The van der Waals surface area contributed by atoms with Gasteiger partial charge < -0.3 is 22.2 Å². The Hall–Kier alpha value is -1.36. The van der Waals surface area contributed by atoms with Crippen LogP contribution < -0.4 is 17.3 Å². The van der Waals surface area contributed by atoms with Crippen LogP contribution in [0.5, 0.6) is 0 Å². The molecule has 0 bridgehead atoms. The van der Waals surface area contributed by atoms with E-state index in [0.29, 0.717) is 6.42 Å². The summed E-state index contributed by atoms with van der Waals surface area (Å²) in [5, 5.41) is 2.03. The van der Waals surface area contributed by atoms with Gasteiger partial charge in [0.15, 0.2) is 0 Å². The van der Waals surface area contributed by atoms with Gasteiger partial charge in [-0.3, -0.25) is 4.79 Å². The van der Waals surface area contributed by atoms with E-state index in [2.05, 4.69) is 30.3 Å². The summed E-state index contributed by atoms with van der Waals surface area (Å²) in [6, 6.07) is 14.7. The van der Waals surface area contributed by atoms with Crippen molar-refractivity contribution in [3.63, 3.8) is 0 Å². The molecule has 0 radical (unpaired) electrons. The maximum absolute atomic E-state index is 12.3. The van der Waals surface area contributed by atoms with Gasteiger partial charge in [0.1, 0.15) is 6.54 Å². The Balaban J connectivity index is 0.00000176. The Labute approximate surface area is 142 Å². The van der Waals surface area contributed by atoms with Crippen molar-refractivity contribution in [3.05, 3.63) is 58.3 Å². The minimum atomic E-state index is 0. The second kappa shape index (κ2) is 8.32. The summed E-state index contributed by atoms with van der Waals surface area (Å²) in [5.74, 6) is 0.274. The zero-order valence-corrected chi connectivity index (χ0v) is 14.1. The highest BCUT2D eigenvalue weighted by atomic mass is 35.5. The predicted octanol–water partition coefficient (Wildman–Crippen LogP) is -1.78. The Morgan fingerprint density at radius 3 is 2.45 bits per heavy atom. The Morgan fingerprint density at radius 2 is 1.82 bits per heavy atom. The smallest absolute Gasteiger partial charge is 0.228 e. The monoisotopic (exact) mass is 336 g/mol. The van der Waals surface area contributed by atoms with Crippen LogP contribution in [0.1, 0.15) is 10.4 Å². The van der Waals surface area contributed by atoms with E-state index in [0.717, 1.165) is 32.7 Å². The van der Waals surface area contributed by atoms with Gasteiger partial charge in [-0.1, -0.05) is 36.4 Å². The summed E-state index contributed by atoms with van der Waals surface area (Å²) in [6.45, 7) is 4.92. The van der Waals surface area contributed by atoms with Crippen molar-refractivity contribution >= 4 is 17.2 Å². The molecular weight excluding hydrogens is 316 g/mol. The average molecular weight is 337 g/mol. The molecule has 0 unspecified atom stereocenters. The highest BCUT2D eigenvalue weighted by Gasteiger charge is 2.23. The SMILES string of the molecule is O=C(Cc1cccs1)N1CC[NH+](Cc2ccccc2)CC1.[Cl-]. The van der Waals surface area contributed by atoms with E-state index in [4.69, 9.17) is 0 Å². The van der Waals surface area contributed by atoms with Crippen LogP contribution in [0.25, 0.3) is 0 Å². The van der Waals surface area contributed by atoms with Crippen LogP contribution in [0, 0.1) is 0 Å². The van der Waals surface area contributed by atoms with E-state index in [1.807, 2.05) is 22.4 Å². The summed E-state index contributed by atoms with van der Waals surface area (Å²) in [5.41, 5.74) is 1.38. The number of thiophene rings is 1. The lowest BCUT2D eigenvalue weighted by atomic mass is 10.2. The third-order valence-electron chi connectivity index (χ3n) is 4.03. The Bertz CT molecular complexity index is 566. The number of rotatable bonds is 4. The quantitative estimate of drug-likeness (QED) is 0.702. The predicted molar refractivity (Wildman–Crippen MR) is 85.4 cm³/mol. The Kier molecular flexibility index (Phi) is 6.43. The number of quaternary nitrogens is 1. The second-order valence-electron chi connectivity index (χ2n) is 5.55. The van der Waals surface area contributed by atoms with Gasteiger partial charge in [0.05, 0.1) is 32.6 Å². The number of hydrogen-bond acceptors (Lipinski definition) is 2. The molecule has 0 spiro atoms. The van der Waals surface area contributed by atoms with E-state index >= 15 is 0 Å². The lowest BCUT2D eigenvalue weighted by Gasteiger charge is -2.32. The molecule has 2 heterocycles. The van der Waals surface area contributed by atoms with Crippen LogP contribution in [0.2, 0.25) is 0 Å². The molecule has 1 N–H and O–H groups in total. The molecule has 0 saturated carbocycles. The summed E-state index contributed by atoms with van der Waals surface area (Å²) < 4.78 is 0. The minimum Gasteiger partial charge on any atom is -1.00 e. The second-order valence-corrected chi connectivity index (χ2v) is 6.58. The first-order valence-electron chi connectivity index (χ1n) is 7.49. The first kappa shape index (κ1) is 17.0. The van der Waals surface area contributed by atoms with E-state index in [9.17, 15) is 4.79 Å². The fraction of sp³-hybridized carbons (Fsp3) is 0.353. The van der Waals surface area contributed by atoms with Crippen LogP contribution in [-0.4, -0.2) is 37.0 Å². The van der Waals surface area contributed by atoms with Gasteiger partial charge in [-0.2, -0.15) is 0 Å². The Morgan fingerprint density at radius 1 is 1.09 bits per heavy atom. The van der Waals surface area contributed by atoms with Crippen molar-refractivity contribution in [2.24, 2.45) is 0 Å². The highest BCUT2D eigenvalue weighted by Crippen LogP contribution is 2.10. The fourth-order valence-electron chi connectivity index (χ4n) is 2.81. The topological polar surface area (TPSA) is 24.8 Å². The summed E-state index contributed by atoms with van der Waals surface area (Å²) in [4.78, 5) is 17.0. The molecule has 1 saturated heterocycles. The van der Waals surface area contributed by atoms with Gasteiger partial charge in [-0.15, -0.1) is 11.3 Å². The van der Waals surface area contributed by atoms with Crippen molar-refractivity contribution in [2.75, 3.05) is 26.2 Å². The molecule has 3 rings (SSSR count). The summed E-state index contributed by atoms with van der Waals surface area (Å²) in [7, 11) is 0. The van der Waals surface area contributed by atoms with Gasteiger partial charge in [-0.25, -0.2) is 0 Å². The average Bonchev–Trinajstić information content (AvgIpc) is 3.02. The molecule has 22 heavy (non-hydrogen) atoms. The van der Waals surface area contributed by atoms with E-state index < -0.39 is 0 Å². The maximum Gasteiger partial charge on any atom is 0.228 e. The van der Waals surface area contributed by atoms with Crippen molar-refractivity contribution in [3.8, 4) is 0 Å². The lowest BCUT2D eigenvalue weighted by Crippen LogP contribution is -3.13. The number of hydrogen-bond donors (Lipinski definition) is 1. The van der Waals surface area contributed by atoms with Gasteiger partial charge in [-0.05, 0) is 11.4 Å². The molecule has 0 atom stereocenters. The maximum atomic E-state index is 12.3. The summed E-state index contributed by atoms with van der Waals surface area (Å²) in [6.07, 6.45) is 0.561. The first-order valence-corrected chi connectivity index (χ1v) is 8.37. The third-order valence-corrected chi connectivity index (χ3v) is 4.90. The van der Waals surface area contributed by atoms with Crippen LogP contribution in [0.3, 0.4) is 0 Å². The van der Waals surface area contributed by atoms with Crippen LogP contribution >= 0.6 is 11.3 Å². The van der Waals surface area contributed by atoms with Gasteiger partial charge in [0.25, 0.3) is 0 Å². The van der Waals surface area contributed by atoms with Gasteiger partial charge >= 0.3 is 0 Å². The van der Waals surface area contributed by atoms with Gasteiger partial charge in [0.2, 0.25) is 5.91 Å². The molecular formula is C17H21ClN2OS. The third kappa shape index (κ3) is 4.57. The fourth-order valence-corrected chi connectivity index (χ4v) is 3.50. The number of nitrogens with one attached hydrogen (secondary N) is 1. The first-order chi connectivity index (χ1) is 10.3. The molecule has 1 fully saturated rings. The van der Waals surface area contributed by atoms with E-state index in [1.54, 1.807) is 16.2 Å². The zero-order chi connectivity index (χ0) is 14.5. The molecule has 1 aromatic carbocycles. The number of halogens is 1. The molecule has 2 aromatic rings. The molecule has 0 aliphatic carbocycles. The van der Waals surface area contributed by atoms with Crippen molar-refractivity contribution in [1.82, 2.24) is 4.90 Å². The number of carbonyl (C=O) groups is 1. The minimum absolute atomic E-state index is 0. The van der Waals surface area contributed by atoms with Crippen molar-refractivity contribution < 1.29 is 22.1 Å². The van der Waals surface area contributed by atoms with E-state index in [-0.39, 0.29) is 18.3 Å². The van der Waals surface area contributed by atoms with Crippen LogP contribution in [-0.2, 0) is 17.8 Å². The number of piperazine rings is 1. The molecule has 5 heteroatoms. The normalized spacial score (nSPS) is 15.4. The molecule has 1 amide bonds.